The molecule has 1 amide bonds. The van der Waals surface area contributed by atoms with Gasteiger partial charge in [-0.3, -0.25) is 4.79 Å². The molecular weight excluding hydrogens is 254 g/mol. The van der Waals surface area contributed by atoms with Crippen molar-refractivity contribution < 1.29 is 19.4 Å². The molecule has 1 aromatic rings. The van der Waals surface area contributed by atoms with Crippen LogP contribution < -0.4 is 10.1 Å². The van der Waals surface area contributed by atoms with E-state index in [2.05, 4.69) is 5.32 Å². The Morgan fingerprint density at radius 1 is 1.44 bits per heavy atom. The highest BCUT2D eigenvalue weighted by Gasteiger charge is 2.02. The minimum absolute atomic E-state index is 0.0284. The van der Waals surface area contributed by atoms with Crippen molar-refractivity contribution in [2.45, 2.75) is 6.54 Å². The number of aliphatic carboxylic acids is 1. The molecule has 0 saturated heterocycles. The number of carboxylic acids is 1. The van der Waals surface area contributed by atoms with Crippen LogP contribution in [0.15, 0.2) is 24.3 Å². The SMILES string of the molecule is CSCC(=O)NCc1cccc(OCC(=O)O)c1. The third-order valence-corrected chi connectivity index (χ3v) is 2.58. The number of carbonyl (C=O) groups is 2. The molecule has 6 heteroatoms. The monoisotopic (exact) mass is 269 g/mol. The number of hydrogen-bond donors (Lipinski definition) is 2. The highest BCUT2D eigenvalue weighted by molar-refractivity contribution is 7.99. The molecule has 18 heavy (non-hydrogen) atoms. The average molecular weight is 269 g/mol. The van der Waals surface area contributed by atoms with Gasteiger partial charge in [0.2, 0.25) is 5.91 Å². The number of carbonyl (C=O) groups excluding carboxylic acids is 1. The van der Waals surface area contributed by atoms with Crippen molar-refractivity contribution in [3.63, 3.8) is 0 Å². The summed E-state index contributed by atoms with van der Waals surface area (Å²) < 4.78 is 5.05. The average Bonchev–Trinajstić information content (AvgIpc) is 2.35. The summed E-state index contributed by atoms with van der Waals surface area (Å²) in [4.78, 5) is 21.6. The van der Waals surface area contributed by atoms with Gasteiger partial charge in [0.15, 0.2) is 6.61 Å². The van der Waals surface area contributed by atoms with Crippen molar-refractivity contribution in [2.75, 3.05) is 18.6 Å². The van der Waals surface area contributed by atoms with Gasteiger partial charge >= 0.3 is 5.97 Å². The molecule has 0 aliphatic carbocycles. The lowest BCUT2D eigenvalue weighted by atomic mass is 10.2. The van der Waals surface area contributed by atoms with E-state index in [4.69, 9.17) is 9.84 Å². The van der Waals surface area contributed by atoms with E-state index in [0.29, 0.717) is 18.0 Å². The predicted octanol–water partition coefficient (Wildman–Crippen LogP) is 1.13. The van der Waals surface area contributed by atoms with Crippen LogP contribution in [0.25, 0.3) is 0 Å². The van der Waals surface area contributed by atoms with Crippen molar-refractivity contribution in [3.05, 3.63) is 29.8 Å². The maximum absolute atomic E-state index is 11.3. The number of thioether (sulfide) groups is 1. The van der Waals surface area contributed by atoms with Crippen LogP contribution in [0.3, 0.4) is 0 Å². The van der Waals surface area contributed by atoms with Crippen LogP contribution in [-0.4, -0.2) is 35.6 Å². The van der Waals surface area contributed by atoms with Gasteiger partial charge in [-0.25, -0.2) is 4.79 Å². The lowest BCUT2D eigenvalue weighted by Crippen LogP contribution is -2.24. The van der Waals surface area contributed by atoms with Crippen LogP contribution in [0.1, 0.15) is 5.56 Å². The number of rotatable bonds is 7. The van der Waals surface area contributed by atoms with Gasteiger partial charge in [0.05, 0.1) is 5.75 Å². The predicted molar refractivity (Wildman–Crippen MR) is 69.8 cm³/mol. The molecule has 1 rings (SSSR count). The van der Waals surface area contributed by atoms with Crippen LogP contribution in [-0.2, 0) is 16.1 Å². The zero-order valence-corrected chi connectivity index (χ0v) is 10.8. The third-order valence-electron chi connectivity index (χ3n) is 2.03. The van der Waals surface area contributed by atoms with E-state index in [0.717, 1.165) is 5.56 Å². The van der Waals surface area contributed by atoms with Gasteiger partial charge in [0.25, 0.3) is 0 Å². The Bertz CT molecular complexity index is 422. The first kappa shape index (κ1) is 14.4. The van der Waals surface area contributed by atoms with Gasteiger partial charge in [-0.05, 0) is 24.0 Å². The zero-order chi connectivity index (χ0) is 13.4. The fourth-order valence-corrected chi connectivity index (χ4v) is 1.64. The molecular formula is C12H15NO4S. The van der Waals surface area contributed by atoms with Crippen LogP contribution in [0.2, 0.25) is 0 Å². The second-order valence-corrected chi connectivity index (χ2v) is 4.41. The summed E-state index contributed by atoms with van der Waals surface area (Å²) in [6.45, 7) is 0.0337. The van der Waals surface area contributed by atoms with Gasteiger partial charge in [0.1, 0.15) is 5.75 Å². The van der Waals surface area contributed by atoms with Crippen LogP contribution in [0.5, 0.6) is 5.75 Å². The summed E-state index contributed by atoms with van der Waals surface area (Å²) in [6, 6.07) is 6.98. The minimum atomic E-state index is -1.02. The summed E-state index contributed by atoms with van der Waals surface area (Å²) in [6.07, 6.45) is 1.86. The lowest BCUT2D eigenvalue weighted by molar-refractivity contribution is -0.139. The quantitative estimate of drug-likeness (QED) is 0.776. The number of hydrogen-bond acceptors (Lipinski definition) is 4. The molecule has 0 heterocycles. The summed E-state index contributed by atoms with van der Waals surface area (Å²) in [5, 5.41) is 11.3. The second kappa shape index (κ2) is 7.60. The summed E-state index contributed by atoms with van der Waals surface area (Å²) in [7, 11) is 0. The first-order chi connectivity index (χ1) is 8.61. The number of benzene rings is 1. The van der Waals surface area contributed by atoms with Crippen LogP contribution >= 0.6 is 11.8 Å². The number of amides is 1. The Labute approximate surface area is 110 Å². The third kappa shape index (κ3) is 5.58. The van der Waals surface area contributed by atoms with Gasteiger partial charge < -0.3 is 15.2 Å². The highest BCUT2D eigenvalue weighted by Crippen LogP contribution is 2.13. The maximum Gasteiger partial charge on any atom is 0.341 e. The van der Waals surface area contributed by atoms with Crippen LogP contribution in [0, 0.1) is 0 Å². The molecule has 0 fully saturated rings. The molecule has 0 aromatic heterocycles. The van der Waals surface area contributed by atoms with Crippen molar-refractivity contribution in [1.29, 1.82) is 0 Å². The van der Waals surface area contributed by atoms with Crippen molar-refractivity contribution in [1.82, 2.24) is 5.32 Å². The van der Waals surface area contributed by atoms with E-state index in [1.807, 2.05) is 12.3 Å². The maximum atomic E-state index is 11.3. The van der Waals surface area contributed by atoms with E-state index in [1.165, 1.54) is 11.8 Å². The van der Waals surface area contributed by atoms with Gasteiger partial charge in [-0.1, -0.05) is 12.1 Å². The lowest BCUT2D eigenvalue weighted by Gasteiger charge is -2.07. The molecule has 0 aliphatic heterocycles. The van der Waals surface area contributed by atoms with Crippen molar-refractivity contribution in [2.24, 2.45) is 0 Å². The topological polar surface area (TPSA) is 75.6 Å². The Morgan fingerprint density at radius 3 is 2.89 bits per heavy atom. The summed E-state index contributed by atoms with van der Waals surface area (Å²) in [5.74, 6) is -0.142. The second-order valence-electron chi connectivity index (χ2n) is 3.54. The van der Waals surface area contributed by atoms with Crippen LogP contribution in [0.4, 0.5) is 0 Å². The Hall–Kier alpha value is -1.69. The summed E-state index contributed by atoms with van der Waals surface area (Å²) >= 11 is 1.46. The largest absolute Gasteiger partial charge is 0.482 e. The fraction of sp³-hybridized carbons (Fsp3) is 0.333. The van der Waals surface area contributed by atoms with Gasteiger partial charge in [-0.15, -0.1) is 0 Å². The summed E-state index contributed by atoms with van der Waals surface area (Å²) in [5.41, 5.74) is 0.868. The number of nitrogens with one attached hydrogen (secondary N) is 1. The standard InChI is InChI=1S/C12H15NO4S/c1-18-8-11(14)13-6-9-3-2-4-10(5-9)17-7-12(15)16/h2-5H,6-8H2,1H3,(H,13,14)(H,15,16). The first-order valence-corrected chi connectivity index (χ1v) is 6.70. The van der Waals surface area contributed by atoms with Crippen molar-refractivity contribution in [3.8, 4) is 5.75 Å². The molecule has 98 valence electrons. The Balaban J connectivity index is 2.48. The van der Waals surface area contributed by atoms with Crippen molar-refractivity contribution >= 4 is 23.6 Å². The normalized spacial score (nSPS) is 9.83. The molecule has 2 N–H and O–H groups in total. The van der Waals surface area contributed by atoms with E-state index < -0.39 is 5.97 Å². The molecule has 0 saturated carbocycles. The van der Waals surface area contributed by atoms with E-state index in [1.54, 1.807) is 18.2 Å². The Kier molecular flexibility index (Phi) is 6.07. The molecule has 0 atom stereocenters. The smallest absolute Gasteiger partial charge is 0.341 e. The minimum Gasteiger partial charge on any atom is -0.482 e. The molecule has 5 nitrogen and oxygen atoms in total. The zero-order valence-electron chi connectivity index (χ0n) is 10.0. The fourth-order valence-electron chi connectivity index (χ4n) is 1.27. The Morgan fingerprint density at radius 2 is 2.22 bits per heavy atom. The van der Waals surface area contributed by atoms with Gasteiger partial charge in [0, 0.05) is 6.54 Å². The molecule has 0 unspecified atom stereocenters. The van der Waals surface area contributed by atoms with E-state index in [-0.39, 0.29) is 12.5 Å². The number of ether oxygens (including phenoxy) is 1. The highest BCUT2D eigenvalue weighted by atomic mass is 32.2. The molecule has 0 bridgehead atoms. The molecule has 0 aliphatic rings. The molecule has 0 spiro atoms. The van der Waals surface area contributed by atoms with Gasteiger partial charge in [-0.2, -0.15) is 11.8 Å². The molecule has 0 radical (unpaired) electrons. The first-order valence-electron chi connectivity index (χ1n) is 5.31. The number of carboxylic acid groups (broad SMARTS) is 1. The molecule has 1 aromatic carbocycles. The van der Waals surface area contributed by atoms with E-state index in [9.17, 15) is 9.59 Å². The van der Waals surface area contributed by atoms with E-state index >= 15 is 0 Å².